The first-order valence-electron chi connectivity index (χ1n) is 8.74. The molecule has 1 aromatic carbocycles. The van der Waals surface area contributed by atoms with Gasteiger partial charge >= 0.3 is 0 Å². The Kier molecular flexibility index (Phi) is 7.84. The minimum absolute atomic E-state index is 0.313. The number of aromatic hydroxyl groups is 1. The van der Waals surface area contributed by atoms with Crippen molar-refractivity contribution in [2.45, 2.75) is 67.7 Å². The molecule has 0 fully saturated rings. The van der Waals surface area contributed by atoms with Gasteiger partial charge in [-0.1, -0.05) is 30.2 Å². The molecule has 0 radical (unpaired) electrons. The molecule has 0 aliphatic rings. The van der Waals surface area contributed by atoms with Gasteiger partial charge in [0.1, 0.15) is 11.5 Å². The van der Waals surface area contributed by atoms with Crippen molar-refractivity contribution in [1.82, 2.24) is 0 Å². The lowest BCUT2D eigenvalue weighted by Gasteiger charge is -2.19. The van der Waals surface area contributed by atoms with E-state index in [1.54, 1.807) is 0 Å². The maximum atomic E-state index is 10.5. The molecule has 1 N–H and O–H groups in total. The van der Waals surface area contributed by atoms with Crippen LogP contribution in [0, 0.1) is 6.92 Å². The van der Waals surface area contributed by atoms with Crippen LogP contribution in [0.15, 0.2) is 41.2 Å². The summed E-state index contributed by atoms with van der Waals surface area (Å²) in [5.41, 5.74) is 5.59. The van der Waals surface area contributed by atoms with Crippen LogP contribution in [0.3, 0.4) is 0 Å². The van der Waals surface area contributed by atoms with Crippen molar-refractivity contribution in [3.63, 3.8) is 0 Å². The minimum atomic E-state index is 0.313. The fraction of sp³-hybridized carbons (Fsp3) is 0.455. The maximum absolute atomic E-state index is 10.5. The van der Waals surface area contributed by atoms with E-state index in [2.05, 4.69) is 46.8 Å². The van der Waals surface area contributed by atoms with E-state index in [1.807, 2.05) is 26.0 Å². The second-order valence-electron chi connectivity index (χ2n) is 6.68. The number of phenolic OH excluding ortho intramolecular Hbond substituents is 1. The van der Waals surface area contributed by atoms with Gasteiger partial charge in [0, 0.05) is 17.5 Å². The lowest BCUT2D eigenvalue weighted by molar-refractivity contribution is 0.392. The molecule has 1 rings (SSSR count). The van der Waals surface area contributed by atoms with E-state index < -0.39 is 0 Å². The summed E-state index contributed by atoms with van der Waals surface area (Å²) in [5.74, 6) is 2.06. The Morgan fingerprint density at radius 2 is 1.58 bits per heavy atom. The highest BCUT2D eigenvalue weighted by molar-refractivity contribution is 5.55. The largest absolute Gasteiger partial charge is 0.508 e. The monoisotopic (exact) mass is 328 g/mol. The van der Waals surface area contributed by atoms with Gasteiger partial charge in [-0.15, -0.1) is 0 Å². The lowest BCUT2D eigenvalue weighted by Crippen LogP contribution is -2.04. The number of ether oxygens (including phenoxy) is 1. The SMILES string of the molecule is CC=C(CC)Oc1c(CC=C(C)C)c(C)cc(O)c1CC=C(C)C. The molecule has 0 spiro atoms. The summed E-state index contributed by atoms with van der Waals surface area (Å²) in [6.07, 6.45) is 8.64. The predicted octanol–water partition coefficient (Wildman–Crippen LogP) is 6.41. The van der Waals surface area contributed by atoms with Crippen molar-refractivity contribution in [2.24, 2.45) is 0 Å². The van der Waals surface area contributed by atoms with Gasteiger partial charge in [-0.3, -0.25) is 0 Å². The first-order valence-corrected chi connectivity index (χ1v) is 8.74. The number of hydrogen-bond donors (Lipinski definition) is 1. The number of phenols is 1. The Balaban J connectivity index is 3.51. The Labute approximate surface area is 147 Å². The minimum Gasteiger partial charge on any atom is -0.508 e. The number of allylic oxidation sites excluding steroid dienone is 6. The van der Waals surface area contributed by atoms with Crippen molar-refractivity contribution < 1.29 is 9.84 Å². The van der Waals surface area contributed by atoms with Gasteiger partial charge in [0.05, 0.1) is 5.76 Å². The summed E-state index contributed by atoms with van der Waals surface area (Å²) in [7, 11) is 0. The molecule has 2 nitrogen and oxygen atoms in total. The van der Waals surface area contributed by atoms with Crippen LogP contribution in [0.5, 0.6) is 11.5 Å². The van der Waals surface area contributed by atoms with Crippen molar-refractivity contribution in [1.29, 1.82) is 0 Å². The van der Waals surface area contributed by atoms with Crippen LogP contribution >= 0.6 is 0 Å². The Morgan fingerprint density at radius 3 is 2.04 bits per heavy atom. The molecule has 0 amide bonds. The van der Waals surface area contributed by atoms with E-state index in [9.17, 15) is 5.11 Å². The highest BCUT2D eigenvalue weighted by Crippen LogP contribution is 2.37. The van der Waals surface area contributed by atoms with Gasteiger partial charge in [0.15, 0.2) is 0 Å². The van der Waals surface area contributed by atoms with Gasteiger partial charge in [-0.25, -0.2) is 0 Å². The molecule has 24 heavy (non-hydrogen) atoms. The first-order chi connectivity index (χ1) is 11.3. The second kappa shape index (κ2) is 9.36. The molecule has 0 aliphatic heterocycles. The van der Waals surface area contributed by atoms with E-state index in [4.69, 9.17) is 4.74 Å². The second-order valence-corrected chi connectivity index (χ2v) is 6.68. The molecule has 0 aliphatic carbocycles. The first kappa shape index (κ1) is 20.1. The molecule has 0 unspecified atom stereocenters. The average Bonchev–Trinajstić information content (AvgIpc) is 2.50. The van der Waals surface area contributed by atoms with Gasteiger partial charge in [0.2, 0.25) is 0 Å². The van der Waals surface area contributed by atoms with E-state index in [-0.39, 0.29) is 0 Å². The van der Waals surface area contributed by atoms with Crippen molar-refractivity contribution in [2.75, 3.05) is 0 Å². The summed E-state index contributed by atoms with van der Waals surface area (Å²) in [4.78, 5) is 0. The van der Waals surface area contributed by atoms with Crippen LogP contribution in [0.25, 0.3) is 0 Å². The van der Waals surface area contributed by atoms with Gasteiger partial charge in [0.25, 0.3) is 0 Å². The van der Waals surface area contributed by atoms with Gasteiger partial charge in [-0.05, 0) is 72.1 Å². The molecule has 0 heterocycles. The average molecular weight is 328 g/mol. The quantitative estimate of drug-likeness (QED) is 0.463. The van der Waals surface area contributed by atoms with E-state index in [1.165, 1.54) is 11.1 Å². The van der Waals surface area contributed by atoms with Crippen LogP contribution in [0.4, 0.5) is 0 Å². The number of hydrogen-bond acceptors (Lipinski definition) is 2. The van der Waals surface area contributed by atoms with Crippen LogP contribution in [-0.2, 0) is 12.8 Å². The van der Waals surface area contributed by atoms with Crippen LogP contribution in [0.1, 0.15) is 64.7 Å². The molecule has 0 atom stereocenters. The fourth-order valence-corrected chi connectivity index (χ4v) is 2.51. The molecular formula is C22H32O2. The zero-order chi connectivity index (χ0) is 18.3. The van der Waals surface area contributed by atoms with Crippen LogP contribution < -0.4 is 4.74 Å². The standard InChI is InChI=1S/C22H32O2/c1-8-18(9-2)24-22-19(12-10-15(3)4)17(7)14-21(23)20(22)13-11-16(5)6/h8,10-11,14,23H,9,12-13H2,1-7H3. The van der Waals surface area contributed by atoms with Crippen molar-refractivity contribution >= 4 is 0 Å². The van der Waals surface area contributed by atoms with Gasteiger partial charge < -0.3 is 9.84 Å². The van der Waals surface area contributed by atoms with E-state index in [0.29, 0.717) is 12.2 Å². The summed E-state index contributed by atoms with van der Waals surface area (Å²) in [6, 6.07) is 1.86. The molecule has 1 aromatic rings. The summed E-state index contributed by atoms with van der Waals surface area (Å²) in [6.45, 7) is 14.4. The van der Waals surface area contributed by atoms with Crippen molar-refractivity contribution in [3.8, 4) is 11.5 Å². The Hall–Kier alpha value is -1.96. The zero-order valence-corrected chi connectivity index (χ0v) is 16.3. The maximum Gasteiger partial charge on any atom is 0.137 e. The molecule has 0 bridgehead atoms. The number of rotatable bonds is 7. The van der Waals surface area contributed by atoms with E-state index in [0.717, 1.165) is 41.0 Å². The smallest absolute Gasteiger partial charge is 0.137 e. The molecule has 0 aromatic heterocycles. The predicted molar refractivity (Wildman–Crippen MR) is 104 cm³/mol. The zero-order valence-electron chi connectivity index (χ0n) is 16.3. The summed E-state index contributed by atoms with van der Waals surface area (Å²) >= 11 is 0. The molecular weight excluding hydrogens is 296 g/mol. The summed E-state index contributed by atoms with van der Waals surface area (Å²) in [5, 5.41) is 10.5. The van der Waals surface area contributed by atoms with Crippen LogP contribution in [-0.4, -0.2) is 5.11 Å². The third kappa shape index (κ3) is 5.59. The highest BCUT2D eigenvalue weighted by Gasteiger charge is 2.17. The normalized spacial score (nSPS) is 11.2. The number of benzene rings is 1. The fourth-order valence-electron chi connectivity index (χ4n) is 2.51. The lowest BCUT2D eigenvalue weighted by atomic mass is 9.96. The molecule has 0 saturated heterocycles. The Morgan fingerprint density at radius 1 is 1.04 bits per heavy atom. The molecule has 2 heteroatoms. The topological polar surface area (TPSA) is 29.5 Å². The number of aryl methyl sites for hydroxylation is 1. The van der Waals surface area contributed by atoms with Gasteiger partial charge in [-0.2, -0.15) is 0 Å². The highest BCUT2D eigenvalue weighted by atomic mass is 16.5. The molecule has 132 valence electrons. The third-order valence-electron chi connectivity index (χ3n) is 4.02. The summed E-state index contributed by atoms with van der Waals surface area (Å²) < 4.78 is 6.24. The third-order valence-corrected chi connectivity index (χ3v) is 4.02. The van der Waals surface area contributed by atoms with Crippen molar-refractivity contribution in [3.05, 3.63) is 57.9 Å². The van der Waals surface area contributed by atoms with Crippen LogP contribution in [0.2, 0.25) is 0 Å². The molecule has 0 saturated carbocycles. The van der Waals surface area contributed by atoms with E-state index >= 15 is 0 Å². The Bertz CT molecular complexity index is 609.